The predicted molar refractivity (Wildman–Crippen MR) is 145 cm³/mol. The van der Waals surface area contributed by atoms with Gasteiger partial charge in [0.15, 0.2) is 0 Å². The third kappa shape index (κ3) is 7.05. The molecule has 2 heterocycles. The maximum Gasteiger partial charge on any atom is 0.304 e. The van der Waals surface area contributed by atoms with Crippen LogP contribution in [0.25, 0.3) is 0 Å². The van der Waals surface area contributed by atoms with Crippen LogP contribution in [0.2, 0.25) is 15.1 Å². The number of likely N-dealkylation sites (tertiary alicyclic amines) is 2. The second-order valence-corrected chi connectivity index (χ2v) is 11.1. The van der Waals surface area contributed by atoms with Gasteiger partial charge in [0.05, 0.1) is 23.2 Å². The van der Waals surface area contributed by atoms with E-state index in [4.69, 9.17) is 39.9 Å². The number of carbonyl (C=O) groups is 1. The van der Waals surface area contributed by atoms with Crippen molar-refractivity contribution in [2.24, 2.45) is 0 Å². The molecular weight excluding hydrogens is 505 g/mol. The average Bonchev–Trinajstić information content (AvgIpc) is 2.84. The van der Waals surface area contributed by atoms with Gasteiger partial charge in [0.25, 0.3) is 0 Å². The molecule has 2 aromatic rings. The number of benzene rings is 2. The monoisotopic (exact) mass is 537 g/mol. The summed E-state index contributed by atoms with van der Waals surface area (Å²) in [5, 5.41) is 14.5. The Morgan fingerprint density at radius 3 is 2.54 bits per heavy atom. The summed E-state index contributed by atoms with van der Waals surface area (Å²) in [4.78, 5) is 15.9. The molecule has 5 nitrogen and oxygen atoms in total. The van der Waals surface area contributed by atoms with Crippen molar-refractivity contribution in [3.63, 3.8) is 0 Å². The van der Waals surface area contributed by atoms with E-state index >= 15 is 0 Å². The standard InChI is InChI=1S/C27H34Cl3N3O2/c1-18(23-6-5-21(28)16-25(23)30)31-26-15-20(4-7-24(26)29)19-8-13-33(14-9-19)22-3-2-11-32(17-22)12-10-27(34)35/h4-7,15-16,18-19,22,31H,2-3,8-14,17H2,1H3,(H,34,35)/t18-,22-/m1/s1. The fourth-order valence-electron chi connectivity index (χ4n) is 5.46. The van der Waals surface area contributed by atoms with Crippen molar-refractivity contribution >= 4 is 46.5 Å². The first-order chi connectivity index (χ1) is 16.8. The number of nitrogens with zero attached hydrogens (tertiary/aromatic N) is 2. The average molecular weight is 539 g/mol. The molecule has 35 heavy (non-hydrogen) atoms. The topological polar surface area (TPSA) is 55.8 Å². The van der Waals surface area contributed by atoms with Gasteiger partial charge in [0, 0.05) is 29.2 Å². The van der Waals surface area contributed by atoms with E-state index in [1.165, 1.54) is 12.0 Å². The molecule has 2 aliphatic rings. The Bertz CT molecular complexity index is 1030. The Kier molecular flexibility index (Phi) is 9.23. The van der Waals surface area contributed by atoms with Gasteiger partial charge in [-0.2, -0.15) is 0 Å². The van der Waals surface area contributed by atoms with Crippen LogP contribution in [0, 0.1) is 0 Å². The first-order valence-corrected chi connectivity index (χ1v) is 13.6. The summed E-state index contributed by atoms with van der Waals surface area (Å²) in [7, 11) is 0. The van der Waals surface area contributed by atoms with Crippen LogP contribution in [0.4, 0.5) is 5.69 Å². The first-order valence-electron chi connectivity index (χ1n) is 12.5. The summed E-state index contributed by atoms with van der Waals surface area (Å²) >= 11 is 19.0. The highest BCUT2D eigenvalue weighted by molar-refractivity contribution is 6.35. The van der Waals surface area contributed by atoms with E-state index in [-0.39, 0.29) is 12.5 Å². The van der Waals surface area contributed by atoms with Gasteiger partial charge in [0.2, 0.25) is 0 Å². The molecule has 2 fully saturated rings. The van der Waals surface area contributed by atoms with Crippen LogP contribution >= 0.6 is 34.8 Å². The largest absolute Gasteiger partial charge is 0.481 e. The molecule has 2 atom stereocenters. The van der Waals surface area contributed by atoms with Crippen molar-refractivity contribution in [1.29, 1.82) is 0 Å². The number of carboxylic acid groups (broad SMARTS) is 1. The van der Waals surface area contributed by atoms with Crippen molar-refractivity contribution < 1.29 is 9.90 Å². The Morgan fingerprint density at radius 1 is 1.06 bits per heavy atom. The van der Waals surface area contributed by atoms with Gasteiger partial charge >= 0.3 is 5.97 Å². The van der Waals surface area contributed by atoms with Gasteiger partial charge in [-0.25, -0.2) is 0 Å². The Morgan fingerprint density at radius 2 is 1.83 bits per heavy atom. The summed E-state index contributed by atoms with van der Waals surface area (Å²) in [6.45, 7) is 6.87. The minimum atomic E-state index is -0.713. The maximum absolute atomic E-state index is 10.9. The molecule has 4 rings (SSSR count). The van der Waals surface area contributed by atoms with Gasteiger partial charge in [-0.15, -0.1) is 0 Å². The number of piperidine rings is 2. The van der Waals surface area contributed by atoms with Crippen molar-refractivity contribution in [1.82, 2.24) is 9.80 Å². The minimum absolute atomic E-state index is 0.00950. The summed E-state index contributed by atoms with van der Waals surface area (Å²) < 4.78 is 0. The molecule has 0 unspecified atom stereocenters. The summed E-state index contributed by atoms with van der Waals surface area (Å²) in [5.74, 6) is -0.208. The number of carboxylic acids is 1. The minimum Gasteiger partial charge on any atom is -0.481 e. The SMILES string of the molecule is C[C@@H](Nc1cc(C2CCN([C@@H]3CCCN(CCC(=O)O)C3)CC2)ccc1Cl)c1ccc(Cl)cc1Cl. The Labute approximate surface area is 223 Å². The molecule has 0 spiro atoms. The number of aliphatic carboxylic acids is 1. The van der Waals surface area contributed by atoms with Gasteiger partial charge < -0.3 is 15.3 Å². The summed E-state index contributed by atoms with van der Waals surface area (Å²) in [6, 6.07) is 12.4. The molecular formula is C27H34Cl3N3O2. The highest BCUT2D eigenvalue weighted by atomic mass is 35.5. The zero-order chi connectivity index (χ0) is 24.9. The molecule has 0 radical (unpaired) electrons. The number of hydrogen-bond acceptors (Lipinski definition) is 4. The van der Waals surface area contributed by atoms with Crippen LogP contribution in [0.15, 0.2) is 36.4 Å². The molecule has 0 aromatic heterocycles. The molecule has 2 N–H and O–H groups in total. The molecule has 2 saturated heterocycles. The second kappa shape index (κ2) is 12.2. The van der Waals surface area contributed by atoms with Crippen molar-refractivity contribution in [2.45, 2.75) is 57.0 Å². The summed E-state index contributed by atoms with van der Waals surface area (Å²) in [6.07, 6.45) is 4.81. The van der Waals surface area contributed by atoms with E-state index in [1.807, 2.05) is 18.2 Å². The van der Waals surface area contributed by atoms with E-state index < -0.39 is 5.97 Å². The van der Waals surface area contributed by atoms with Gasteiger partial charge in [-0.05, 0) is 93.6 Å². The lowest BCUT2D eigenvalue weighted by Crippen LogP contribution is -2.50. The molecule has 2 aliphatic heterocycles. The zero-order valence-corrected chi connectivity index (χ0v) is 22.4. The number of halogens is 3. The van der Waals surface area contributed by atoms with Crippen molar-refractivity contribution in [3.05, 3.63) is 62.6 Å². The molecule has 0 bridgehead atoms. The fraction of sp³-hybridized carbons (Fsp3) is 0.519. The second-order valence-electron chi connectivity index (χ2n) is 9.82. The van der Waals surface area contributed by atoms with E-state index in [0.29, 0.717) is 33.6 Å². The fourth-order valence-corrected chi connectivity index (χ4v) is 6.20. The smallest absolute Gasteiger partial charge is 0.304 e. The maximum atomic E-state index is 10.9. The van der Waals surface area contributed by atoms with Crippen LogP contribution in [-0.4, -0.2) is 59.6 Å². The third-order valence-electron chi connectivity index (χ3n) is 7.43. The number of anilines is 1. The number of nitrogens with one attached hydrogen (secondary N) is 1. The van der Waals surface area contributed by atoms with Crippen LogP contribution in [0.5, 0.6) is 0 Å². The predicted octanol–water partition coefficient (Wildman–Crippen LogP) is 6.94. The van der Waals surface area contributed by atoms with E-state index in [1.54, 1.807) is 6.07 Å². The molecule has 2 aromatic carbocycles. The Balaban J connectivity index is 1.35. The quantitative estimate of drug-likeness (QED) is 0.381. The highest BCUT2D eigenvalue weighted by Crippen LogP contribution is 2.36. The lowest BCUT2D eigenvalue weighted by Gasteiger charge is -2.42. The number of rotatable bonds is 8. The van der Waals surface area contributed by atoms with Crippen LogP contribution in [0.3, 0.4) is 0 Å². The molecule has 190 valence electrons. The van der Waals surface area contributed by atoms with Crippen LogP contribution in [-0.2, 0) is 4.79 Å². The van der Waals surface area contributed by atoms with Crippen molar-refractivity contribution in [2.75, 3.05) is 38.0 Å². The van der Waals surface area contributed by atoms with Crippen LogP contribution < -0.4 is 5.32 Å². The van der Waals surface area contributed by atoms with E-state index in [9.17, 15) is 4.79 Å². The highest BCUT2D eigenvalue weighted by Gasteiger charge is 2.29. The normalized spacial score (nSPS) is 21.1. The van der Waals surface area contributed by atoms with E-state index in [2.05, 4.69) is 34.2 Å². The first kappa shape index (κ1) is 26.6. The lowest BCUT2D eigenvalue weighted by atomic mass is 9.88. The third-order valence-corrected chi connectivity index (χ3v) is 8.32. The number of hydrogen-bond donors (Lipinski definition) is 2. The molecule has 0 saturated carbocycles. The van der Waals surface area contributed by atoms with E-state index in [0.717, 1.165) is 56.7 Å². The van der Waals surface area contributed by atoms with Crippen LogP contribution in [0.1, 0.15) is 62.1 Å². The summed E-state index contributed by atoms with van der Waals surface area (Å²) in [5.41, 5.74) is 3.22. The van der Waals surface area contributed by atoms with Crippen molar-refractivity contribution in [3.8, 4) is 0 Å². The van der Waals surface area contributed by atoms with Gasteiger partial charge in [-0.3, -0.25) is 9.69 Å². The lowest BCUT2D eigenvalue weighted by molar-refractivity contribution is -0.137. The Hall–Kier alpha value is -1.50. The van der Waals surface area contributed by atoms with Gasteiger partial charge in [0.1, 0.15) is 0 Å². The molecule has 8 heteroatoms. The zero-order valence-electron chi connectivity index (χ0n) is 20.2. The molecule has 0 amide bonds. The van der Waals surface area contributed by atoms with Gasteiger partial charge in [-0.1, -0.05) is 46.9 Å². The molecule has 0 aliphatic carbocycles.